The minimum Gasteiger partial charge on any atom is -0.491 e. The highest BCUT2D eigenvalue weighted by Gasteiger charge is 2.12. The summed E-state index contributed by atoms with van der Waals surface area (Å²) in [4.78, 5) is 1.99. The van der Waals surface area contributed by atoms with Crippen molar-refractivity contribution in [2.24, 2.45) is 10.9 Å². The molecule has 1 rings (SSSR count). The fraction of sp³-hybridized carbons (Fsp3) is 0.364. The zero-order valence-corrected chi connectivity index (χ0v) is 10.6. The summed E-state index contributed by atoms with van der Waals surface area (Å²) in [6, 6.07) is 5.14. The molecule has 5 nitrogen and oxygen atoms in total. The van der Waals surface area contributed by atoms with E-state index in [0.29, 0.717) is 22.9 Å². The van der Waals surface area contributed by atoms with E-state index in [9.17, 15) is 0 Å². The van der Waals surface area contributed by atoms with Crippen molar-refractivity contribution in [2.75, 3.05) is 27.2 Å². The lowest BCUT2D eigenvalue weighted by atomic mass is 10.2. The van der Waals surface area contributed by atoms with Crippen molar-refractivity contribution in [3.63, 3.8) is 0 Å². The van der Waals surface area contributed by atoms with E-state index in [1.807, 2.05) is 19.0 Å². The zero-order valence-electron chi connectivity index (χ0n) is 9.85. The van der Waals surface area contributed by atoms with Gasteiger partial charge in [0, 0.05) is 6.54 Å². The zero-order chi connectivity index (χ0) is 12.8. The molecule has 1 aromatic rings. The lowest BCUT2D eigenvalue weighted by Crippen LogP contribution is -2.21. The normalized spacial score (nSPS) is 11.9. The second-order valence-electron chi connectivity index (χ2n) is 3.75. The molecule has 17 heavy (non-hydrogen) atoms. The molecule has 0 bridgehead atoms. The van der Waals surface area contributed by atoms with Gasteiger partial charge >= 0.3 is 0 Å². The number of nitrogens with zero attached hydrogens (tertiary/aromatic N) is 2. The quantitative estimate of drug-likeness (QED) is 0.362. The van der Waals surface area contributed by atoms with Crippen LogP contribution in [0.1, 0.15) is 5.56 Å². The summed E-state index contributed by atoms with van der Waals surface area (Å²) in [5.41, 5.74) is 5.97. The number of benzene rings is 1. The SMILES string of the molecule is CN(C)CCOc1cccc(Cl)c1C(N)=NO. The summed E-state index contributed by atoms with van der Waals surface area (Å²) in [5.74, 6) is 0.449. The summed E-state index contributed by atoms with van der Waals surface area (Å²) >= 11 is 5.98. The lowest BCUT2D eigenvalue weighted by molar-refractivity contribution is 0.260. The Kier molecular flexibility index (Phi) is 5.06. The third kappa shape index (κ3) is 3.80. The Labute approximate surface area is 105 Å². The van der Waals surface area contributed by atoms with Gasteiger partial charge in [-0.2, -0.15) is 0 Å². The maximum absolute atomic E-state index is 8.69. The third-order valence-electron chi connectivity index (χ3n) is 2.14. The Bertz CT molecular complexity index is 408. The average Bonchev–Trinajstić information content (AvgIpc) is 2.28. The van der Waals surface area contributed by atoms with E-state index in [2.05, 4.69) is 5.16 Å². The Morgan fingerprint density at radius 2 is 2.24 bits per heavy atom. The van der Waals surface area contributed by atoms with E-state index >= 15 is 0 Å². The molecule has 1 aromatic carbocycles. The van der Waals surface area contributed by atoms with Gasteiger partial charge in [0.15, 0.2) is 5.84 Å². The summed E-state index contributed by atoms with van der Waals surface area (Å²) in [7, 11) is 3.90. The van der Waals surface area contributed by atoms with Gasteiger partial charge in [-0.1, -0.05) is 22.8 Å². The van der Waals surface area contributed by atoms with Gasteiger partial charge in [0.05, 0.1) is 10.6 Å². The number of rotatable bonds is 5. The van der Waals surface area contributed by atoms with Gasteiger partial charge in [0.25, 0.3) is 0 Å². The molecule has 0 aromatic heterocycles. The van der Waals surface area contributed by atoms with Crippen LogP contribution in [0, 0.1) is 0 Å². The van der Waals surface area contributed by atoms with Crippen LogP contribution in [0.2, 0.25) is 5.02 Å². The Balaban J connectivity index is 2.88. The molecule has 0 atom stereocenters. The lowest BCUT2D eigenvalue weighted by Gasteiger charge is -2.14. The van der Waals surface area contributed by atoms with Gasteiger partial charge < -0.3 is 20.6 Å². The van der Waals surface area contributed by atoms with Crippen LogP contribution < -0.4 is 10.5 Å². The topological polar surface area (TPSA) is 71.1 Å². The second-order valence-corrected chi connectivity index (χ2v) is 4.16. The van der Waals surface area contributed by atoms with Crippen LogP contribution in [0.15, 0.2) is 23.4 Å². The maximum atomic E-state index is 8.69. The first-order valence-corrected chi connectivity index (χ1v) is 5.48. The highest BCUT2D eigenvalue weighted by molar-refractivity contribution is 6.34. The third-order valence-corrected chi connectivity index (χ3v) is 2.45. The minimum atomic E-state index is -0.0598. The first kappa shape index (κ1) is 13.6. The smallest absolute Gasteiger partial charge is 0.175 e. The summed E-state index contributed by atoms with van der Waals surface area (Å²) in [6.45, 7) is 1.27. The number of hydrogen-bond donors (Lipinski definition) is 2. The number of amidine groups is 1. The van der Waals surface area contributed by atoms with Gasteiger partial charge in [-0.15, -0.1) is 0 Å². The second kappa shape index (κ2) is 6.32. The molecule has 0 unspecified atom stereocenters. The molecule has 0 aliphatic rings. The molecule has 0 aliphatic heterocycles. The molecule has 94 valence electrons. The van der Waals surface area contributed by atoms with E-state index in [-0.39, 0.29) is 5.84 Å². The summed E-state index contributed by atoms with van der Waals surface area (Å²) in [5, 5.41) is 12.0. The van der Waals surface area contributed by atoms with Crippen molar-refractivity contribution in [3.8, 4) is 5.75 Å². The van der Waals surface area contributed by atoms with E-state index in [1.54, 1.807) is 18.2 Å². The molecular formula is C11H16ClN3O2. The number of ether oxygens (including phenoxy) is 1. The number of nitrogens with two attached hydrogens (primary N) is 1. The van der Waals surface area contributed by atoms with Gasteiger partial charge in [-0.3, -0.25) is 0 Å². The first-order chi connectivity index (χ1) is 8.06. The largest absolute Gasteiger partial charge is 0.491 e. The van der Waals surface area contributed by atoms with E-state index < -0.39 is 0 Å². The highest BCUT2D eigenvalue weighted by Crippen LogP contribution is 2.26. The Morgan fingerprint density at radius 1 is 1.53 bits per heavy atom. The molecular weight excluding hydrogens is 242 g/mol. The predicted molar refractivity (Wildman–Crippen MR) is 68.0 cm³/mol. The van der Waals surface area contributed by atoms with Crippen molar-refractivity contribution in [1.82, 2.24) is 4.90 Å². The average molecular weight is 258 g/mol. The van der Waals surface area contributed by atoms with Crippen molar-refractivity contribution in [2.45, 2.75) is 0 Å². The molecule has 0 aliphatic carbocycles. The van der Waals surface area contributed by atoms with Gasteiger partial charge in [-0.25, -0.2) is 0 Å². The fourth-order valence-corrected chi connectivity index (χ4v) is 1.52. The molecule has 0 saturated heterocycles. The highest BCUT2D eigenvalue weighted by atomic mass is 35.5. The number of oxime groups is 1. The van der Waals surface area contributed by atoms with Gasteiger partial charge in [-0.05, 0) is 26.2 Å². The predicted octanol–water partition coefficient (Wildman–Crippen LogP) is 1.37. The van der Waals surface area contributed by atoms with Crippen LogP contribution in [0.3, 0.4) is 0 Å². The van der Waals surface area contributed by atoms with Crippen molar-refractivity contribution in [3.05, 3.63) is 28.8 Å². The molecule has 6 heteroatoms. The monoisotopic (exact) mass is 257 g/mol. The van der Waals surface area contributed by atoms with Crippen LogP contribution in [0.5, 0.6) is 5.75 Å². The fourth-order valence-electron chi connectivity index (χ4n) is 1.26. The van der Waals surface area contributed by atoms with E-state index in [1.165, 1.54) is 0 Å². The minimum absolute atomic E-state index is 0.0598. The van der Waals surface area contributed by atoms with E-state index in [0.717, 1.165) is 6.54 Å². The van der Waals surface area contributed by atoms with Crippen molar-refractivity contribution >= 4 is 17.4 Å². The molecule has 0 heterocycles. The Hall–Kier alpha value is -1.46. The van der Waals surface area contributed by atoms with Crippen molar-refractivity contribution in [1.29, 1.82) is 0 Å². The van der Waals surface area contributed by atoms with Crippen molar-refractivity contribution < 1.29 is 9.94 Å². The molecule has 0 radical (unpaired) electrons. The van der Waals surface area contributed by atoms with E-state index in [4.69, 9.17) is 27.3 Å². The maximum Gasteiger partial charge on any atom is 0.175 e. The van der Waals surface area contributed by atoms with Crippen LogP contribution >= 0.6 is 11.6 Å². The first-order valence-electron chi connectivity index (χ1n) is 5.10. The number of likely N-dealkylation sites (N-methyl/N-ethyl adjacent to an activating group) is 1. The molecule has 0 spiro atoms. The molecule has 0 amide bonds. The number of halogens is 1. The summed E-state index contributed by atoms with van der Waals surface area (Å²) in [6.07, 6.45) is 0. The standard InChI is InChI=1S/C11H16ClN3O2/c1-15(2)6-7-17-9-5-3-4-8(12)10(9)11(13)14-16/h3-5,16H,6-7H2,1-2H3,(H2,13,14). The van der Waals surface area contributed by atoms with Gasteiger partial charge in [0.2, 0.25) is 0 Å². The van der Waals surface area contributed by atoms with Crippen LogP contribution in [-0.4, -0.2) is 43.2 Å². The Morgan fingerprint density at radius 3 is 2.82 bits per heavy atom. The van der Waals surface area contributed by atoms with Gasteiger partial charge in [0.1, 0.15) is 12.4 Å². The number of hydrogen-bond acceptors (Lipinski definition) is 4. The van der Waals surface area contributed by atoms with Crippen LogP contribution in [0.25, 0.3) is 0 Å². The van der Waals surface area contributed by atoms with Crippen LogP contribution in [0.4, 0.5) is 0 Å². The molecule has 0 fully saturated rings. The molecule has 3 N–H and O–H groups in total. The summed E-state index contributed by atoms with van der Waals surface area (Å²) < 4.78 is 5.55. The molecule has 0 saturated carbocycles. The van der Waals surface area contributed by atoms with Crippen LogP contribution in [-0.2, 0) is 0 Å².